The second-order valence-corrected chi connectivity index (χ2v) is 7.80. The summed E-state index contributed by atoms with van der Waals surface area (Å²) in [5, 5.41) is 15.2. The Morgan fingerprint density at radius 2 is 1.89 bits per heavy atom. The number of aromatic nitrogens is 3. The Hall–Kier alpha value is -2.16. The predicted octanol–water partition coefficient (Wildman–Crippen LogP) is 2.54. The van der Waals surface area contributed by atoms with Crippen LogP contribution < -0.4 is 4.74 Å². The van der Waals surface area contributed by atoms with Crippen LogP contribution in [0.15, 0.2) is 24.3 Å². The van der Waals surface area contributed by atoms with Crippen molar-refractivity contribution in [2.24, 2.45) is 0 Å². The van der Waals surface area contributed by atoms with Crippen LogP contribution in [0.4, 0.5) is 0 Å². The van der Waals surface area contributed by atoms with Crippen molar-refractivity contribution in [3.63, 3.8) is 0 Å². The smallest absolute Gasteiger partial charge is 0.230 e. The molecule has 8 heteroatoms. The van der Waals surface area contributed by atoms with Crippen molar-refractivity contribution in [1.82, 2.24) is 24.4 Å². The van der Waals surface area contributed by atoms with Crippen LogP contribution in [0.3, 0.4) is 0 Å². The predicted molar refractivity (Wildman–Crippen MR) is 106 cm³/mol. The lowest BCUT2D eigenvalue weighted by atomic mass is 10.0. The van der Waals surface area contributed by atoms with Crippen LogP contribution in [0, 0.1) is 6.92 Å². The molecule has 0 spiro atoms. The summed E-state index contributed by atoms with van der Waals surface area (Å²) in [5.74, 6) is 1.69. The summed E-state index contributed by atoms with van der Waals surface area (Å²) in [7, 11) is 1.67. The molecule has 0 unspecified atom stereocenters. The van der Waals surface area contributed by atoms with Crippen molar-refractivity contribution in [1.29, 1.82) is 0 Å². The van der Waals surface area contributed by atoms with Crippen molar-refractivity contribution in [3.8, 4) is 11.6 Å². The minimum atomic E-state index is -0.0243. The highest BCUT2D eigenvalue weighted by atomic mass is 32.1. The minimum Gasteiger partial charge on any atom is -0.497 e. The van der Waals surface area contributed by atoms with Crippen LogP contribution in [0.2, 0.25) is 0 Å². The maximum Gasteiger partial charge on any atom is 0.230 e. The van der Waals surface area contributed by atoms with E-state index in [9.17, 15) is 5.11 Å². The van der Waals surface area contributed by atoms with E-state index in [1.165, 1.54) is 11.3 Å². The number of benzene rings is 1. The fourth-order valence-electron chi connectivity index (χ4n) is 3.68. The molecular formula is C19H25N5O2S. The number of methoxy groups -OCH3 is 1. The maximum atomic E-state index is 10.9. The average Bonchev–Trinajstić information content (AvgIpc) is 3.20. The molecule has 1 N–H and O–H groups in total. The molecule has 7 nitrogen and oxygen atoms in total. The van der Waals surface area contributed by atoms with Gasteiger partial charge in [-0.2, -0.15) is 4.52 Å². The first-order valence-corrected chi connectivity index (χ1v) is 10.1. The molecule has 1 atom stereocenters. The monoisotopic (exact) mass is 387 g/mol. The van der Waals surface area contributed by atoms with Gasteiger partial charge in [-0.25, -0.2) is 4.98 Å². The Balaban J connectivity index is 1.74. The van der Waals surface area contributed by atoms with Gasteiger partial charge < -0.3 is 14.7 Å². The van der Waals surface area contributed by atoms with E-state index in [4.69, 9.17) is 4.74 Å². The fraction of sp³-hybridized carbons (Fsp3) is 0.474. The first-order valence-electron chi connectivity index (χ1n) is 9.26. The molecule has 0 saturated carbocycles. The van der Waals surface area contributed by atoms with Gasteiger partial charge in [0.1, 0.15) is 11.6 Å². The number of rotatable bonds is 5. The highest BCUT2D eigenvalue weighted by Crippen LogP contribution is 2.40. The first kappa shape index (κ1) is 18.2. The molecule has 1 fully saturated rings. The van der Waals surface area contributed by atoms with Gasteiger partial charge in [0, 0.05) is 26.2 Å². The third-order valence-corrected chi connectivity index (χ3v) is 6.28. The summed E-state index contributed by atoms with van der Waals surface area (Å²) in [5.41, 5.74) is 1.14. The van der Waals surface area contributed by atoms with Crippen molar-refractivity contribution in [3.05, 3.63) is 40.5 Å². The summed E-state index contributed by atoms with van der Waals surface area (Å²) < 4.78 is 6.86. The van der Waals surface area contributed by atoms with Crippen LogP contribution in [-0.4, -0.2) is 69.3 Å². The lowest BCUT2D eigenvalue weighted by Crippen LogP contribution is -2.47. The molecule has 0 aliphatic carbocycles. The van der Waals surface area contributed by atoms with E-state index >= 15 is 0 Å². The van der Waals surface area contributed by atoms with Crippen LogP contribution >= 0.6 is 11.3 Å². The Morgan fingerprint density at radius 1 is 1.19 bits per heavy atom. The molecule has 2 aromatic heterocycles. The molecular weight excluding hydrogens is 362 g/mol. The molecule has 1 aliphatic rings. The van der Waals surface area contributed by atoms with Gasteiger partial charge in [0.2, 0.25) is 10.8 Å². The van der Waals surface area contributed by atoms with E-state index in [0.29, 0.717) is 5.82 Å². The number of hydrogen-bond donors (Lipinski definition) is 1. The molecule has 1 aliphatic heterocycles. The van der Waals surface area contributed by atoms with Crippen molar-refractivity contribution in [2.75, 3.05) is 39.8 Å². The van der Waals surface area contributed by atoms with E-state index in [0.717, 1.165) is 53.9 Å². The van der Waals surface area contributed by atoms with Gasteiger partial charge in [-0.1, -0.05) is 30.4 Å². The highest BCUT2D eigenvalue weighted by molar-refractivity contribution is 7.17. The molecule has 1 saturated heterocycles. The third kappa shape index (κ3) is 3.40. The highest BCUT2D eigenvalue weighted by Gasteiger charge is 2.31. The van der Waals surface area contributed by atoms with E-state index < -0.39 is 0 Å². The van der Waals surface area contributed by atoms with Gasteiger partial charge in [-0.05, 0) is 31.2 Å². The normalized spacial score (nSPS) is 17.4. The van der Waals surface area contributed by atoms with E-state index in [1.807, 2.05) is 19.1 Å². The summed E-state index contributed by atoms with van der Waals surface area (Å²) >= 11 is 1.51. The Bertz CT molecular complexity index is 912. The largest absolute Gasteiger partial charge is 0.497 e. The standard InChI is InChI=1S/C19H25N5O2S/c1-4-22-9-11-23(12-10-22)16(14-5-7-15(26-3)8-6-14)17-18(25)24-19(27-17)20-13(2)21-24/h5-8,16,25H,4,9-12H2,1-3H3/t16-/m0/s1. The maximum absolute atomic E-state index is 10.9. The van der Waals surface area contributed by atoms with Crippen LogP contribution in [0.1, 0.15) is 29.2 Å². The number of piperazine rings is 1. The number of aryl methyl sites for hydroxylation is 1. The topological polar surface area (TPSA) is 66.1 Å². The van der Waals surface area contributed by atoms with Crippen LogP contribution in [0.5, 0.6) is 11.6 Å². The summed E-state index contributed by atoms with van der Waals surface area (Å²) in [6.07, 6.45) is 0. The molecule has 3 aromatic rings. The zero-order valence-electron chi connectivity index (χ0n) is 15.9. The number of aromatic hydroxyl groups is 1. The SMILES string of the molecule is CCN1CCN([C@@H](c2ccc(OC)cc2)c2sc3nc(C)nn3c2O)CC1. The Labute approximate surface area is 162 Å². The number of likely N-dealkylation sites (N-methyl/N-ethyl adjacent to an activating group) is 1. The zero-order chi connectivity index (χ0) is 19.0. The van der Waals surface area contributed by atoms with Gasteiger partial charge in [-0.3, -0.25) is 4.90 Å². The third-order valence-electron chi connectivity index (χ3n) is 5.20. The average molecular weight is 388 g/mol. The van der Waals surface area contributed by atoms with Gasteiger partial charge >= 0.3 is 0 Å². The first-order chi connectivity index (χ1) is 13.1. The van der Waals surface area contributed by atoms with Crippen LogP contribution in [0.25, 0.3) is 4.96 Å². The molecule has 144 valence electrons. The van der Waals surface area contributed by atoms with E-state index in [1.54, 1.807) is 11.6 Å². The fourth-order valence-corrected chi connectivity index (χ4v) is 4.84. The van der Waals surface area contributed by atoms with Gasteiger partial charge in [0.25, 0.3) is 0 Å². The minimum absolute atomic E-state index is 0.0243. The van der Waals surface area contributed by atoms with E-state index in [-0.39, 0.29) is 11.9 Å². The zero-order valence-corrected chi connectivity index (χ0v) is 16.7. The second kappa shape index (κ2) is 7.46. The number of nitrogens with zero attached hydrogens (tertiary/aromatic N) is 5. The number of fused-ring (bicyclic) bond motifs is 1. The second-order valence-electron chi connectivity index (χ2n) is 6.79. The summed E-state index contributed by atoms with van der Waals surface area (Å²) in [6.45, 7) is 9.08. The van der Waals surface area contributed by atoms with E-state index in [2.05, 4.69) is 38.9 Å². The number of thiazole rings is 1. The molecule has 0 amide bonds. The molecule has 4 rings (SSSR count). The molecule has 0 bridgehead atoms. The lowest BCUT2D eigenvalue weighted by Gasteiger charge is -2.38. The Morgan fingerprint density at radius 3 is 2.48 bits per heavy atom. The van der Waals surface area contributed by atoms with Crippen molar-refractivity contribution in [2.45, 2.75) is 19.9 Å². The molecule has 1 aromatic carbocycles. The Kier molecular flexibility index (Phi) is 5.03. The van der Waals surface area contributed by atoms with Gasteiger partial charge in [0.05, 0.1) is 18.0 Å². The number of ether oxygens (including phenoxy) is 1. The molecule has 0 radical (unpaired) electrons. The van der Waals surface area contributed by atoms with Gasteiger partial charge in [-0.15, -0.1) is 5.10 Å². The van der Waals surface area contributed by atoms with Crippen molar-refractivity contribution >= 4 is 16.3 Å². The quantitative estimate of drug-likeness (QED) is 0.726. The number of hydrogen-bond acceptors (Lipinski definition) is 7. The van der Waals surface area contributed by atoms with Crippen molar-refractivity contribution < 1.29 is 9.84 Å². The summed E-state index contributed by atoms with van der Waals surface area (Å²) in [4.78, 5) is 10.9. The van der Waals surface area contributed by atoms with Gasteiger partial charge in [0.15, 0.2) is 0 Å². The van der Waals surface area contributed by atoms with Crippen LogP contribution in [-0.2, 0) is 0 Å². The lowest BCUT2D eigenvalue weighted by molar-refractivity contribution is 0.113. The molecule has 3 heterocycles. The molecule has 27 heavy (non-hydrogen) atoms. The summed E-state index contributed by atoms with van der Waals surface area (Å²) in [6, 6.07) is 8.08.